The van der Waals surface area contributed by atoms with Gasteiger partial charge in [0.15, 0.2) is 5.82 Å². The molecule has 0 aromatic carbocycles. The zero-order valence-electron chi connectivity index (χ0n) is 15.8. The number of ether oxygens (including phenoxy) is 1. The first-order valence-corrected chi connectivity index (χ1v) is 9.80. The Balaban J connectivity index is 1.34. The smallest absolute Gasteiger partial charge is 0.234 e. The summed E-state index contributed by atoms with van der Waals surface area (Å²) in [6, 6.07) is 2.41. The molecule has 25 heavy (non-hydrogen) atoms. The van der Waals surface area contributed by atoms with E-state index in [1.165, 1.54) is 25.7 Å². The zero-order valence-corrected chi connectivity index (χ0v) is 15.8. The summed E-state index contributed by atoms with van der Waals surface area (Å²) in [6.07, 6.45) is 9.19. The van der Waals surface area contributed by atoms with Crippen molar-refractivity contribution in [2.75, 3.05) is 38.1 Å². The number of hydrogen-bond donors (Lipinski definition) is 0. The summed E-state index contributed by atoms with van der Waals surface area (Å²) in [6.45, 7) is 8.35. The number of rotatable bonds is 4. The van der Waals surface area contributed by atoms with E-state index in [1.807, 2.05) is 20.0 Å². The second kappa shape index (κ2) is 7.08. The molecular formula is C19H31N5O. The predicted octanol–water partition coefficient (Wildman–Crippen LogP) is 2.01. The van der Waals surface area contributed by atoms with Gasteiger partial charge >= 0.3 is 0 Å². The molecule has 0 aliphatic carbocycles. The molecule has 4 heterocycles. The van der Waals surface area contributed by atoms with E-state index in [1.54, 1.807) is 6.20 Å². The lowest BCUT2D eigenvalue weighted by Gasteiger charge is -2.45. The van der Waals surface area contributed by atoms with Crippen LogP contribution in [-0.2, 0) is 0 Å². The maximum atomic E-state index is 5.69. The quantitative estimate of drug-likeness (QED) is 0.832. The average molecular weight is 345 g/mol. The first kappa shape index (κ1) is 17.0. The number of piperazine rings is 1. The van der Waals surface area contributed by atoms with Crippen molar-refractivity contribution < 1.29 is 4.74 Å². The third kappa shape index (κ3) is 3.60. The number of fused-ring (bicyclic) bond motifs is 2. The topological polar surface area (TPSA) is 44.7 Å². The van der Waals surface area contributed by atoms with E-state index in [4.69, 9.17) is 4.74 Å². The Labute approximate surface area is 151 Å². The van der Waals surface area contributed by atoms with Crippen LogP contribution < -0.4 is 9.64 Å². The Hall–Kier alpha value is -1.40. The van der Waals surface area contributed by atoms with Crippen LogP contribution in [0, 0.1) is 0 Å². The summed E-state index contributed by atoms with van der Waals surface area (Å²) in [7, 11) is 2.32. The fourth-order valence-electron chi connectivity index (χ4n) is 4.79. The van der Waals surface area contributed by atoms with Crippen molar-refractivity contribution in [3.05, 3.63) is 12.4 Å². The average Bonchev–Trinajstić information content (AvgIpc) is 2.83. The predicted molar refractivity (Wildman–Crippen MR) is 99.2 cm³/mol. The van der Waals surface area contributed by atoms with Gasteiger partial charge in [-0.3, -0.25) is 9.88 Å². The molecule has 1 unspecified atom stereocenters. The molecule has 3 aliphatic rings. The van der Waals surface area contributed by atoms with E-state index in [-0.39, 0.29) is 6.10 Å². The van der Waals surface area contributed by atoms with Gasteiger partial charge in [0, 0.05) is 44.3 Å². The third-order valence-electron chi connectivity index (χ3n) is 6.18. The van der Waals surface area contributed by atoms with Gasteiger partial charge in [0.05, 0.1) is 18.5 Å². The van der Waals surface area contributed by atoms with Gasteiger partial charge in [-0.25, -0.2) is 0 Å². The molecule has 138 valence electrons. The Bertz CT molecular complexity index is 573. The largest absolute Gasteiger partial charge is 0.474 e. The summed E-state index contributed by atoms with van der Waals surface area (Å²) < 4.78 is 5.69. The minimum absolute atomic E-state index is 0.126. The maximum Gasteiger partial charge on any atom is 0.234 e. The summed E-state index contributed by atoms with van der Waals surface area (Å²) >= 11 is 0. The molecule has 2 bridgehead atoms. The second-order valence-electron chi connectivity index (χ2n) is 8.08. The molecule has 3 fully saturated rings. The van der Waals surface area contributed by atoms with Crippen molar-refractivity contribution in [1.82, 2.24) is 19.8 Å². The van der Waals surface area contributed by atoms with Crippen LogP contribution in [0.4, 0.5) is 5.82 Å². The van der Waals surface area contributed by atoms with Gasteiger partial charge in [0.1, 0.15) is 0 Å². The highest BCUT2D eigenvalue weighted by Crippen LogP contribution is 2.36. The standard InChI is InChI=1S/C19H31N5O/c1-14(2)25-19-13-20-12-18(21-19)24-8-6-23(7-9-24)17-10-15-4-5-16(11-17)22(15)3/h12-17H,4-11H2,1-3H3/t15-,16+,17?. The summed E-state index contributed by atoms with van der Waals surface area (Å²) in [5, 5.41) is 0. The van der Waals surface area contributed by atoms with E-state index >= 15 is 0 Å². The Kier molecular flexibility index (Phi) is 4.82. The number of nitrogens with zero attached hydrogens (tertiary/aromatic N) is 5. The minimum atomic E-state index is 0.126. The van der Waals surface area contributed by atoms with Crippen LogP contribution in [0.5, 0.6) is 5.88 Å². The molecular weight excluding hydrogens is 314 g/mol. The molecule has 0 saturated carbocycles. The summed E-state index contributed by atoms with van der Waals surface area (Å²) in [5.74, 6) is 1.57. The number of piperidine rings is 1. The normalized spacial score (nSPS) is 30.9. The lowest BCUT2D eigenvalue weighted by molar-refractivity contribution is 0.0718. The molecule has 4 rings (SSSR count). The van der Waals surface area contributed by atoms with Crippen LogP contribution in [0.2, 0.25) is 0 Å². The van der Waals surface area contributed by atoms with Gasteiger partial charge in [-0.05, 0) is 46.6 Å². The number of aromatic nitrogens is 2. The van der Waals surface area contributed by atoms with E-state index in [0.717, 1.165) is 50.1 Å². The summed E-state index contributed by atoms with van der Waals surface area (Å²) in [5.41, 5.74) is 0. The molecule has 6 nitrogen and oxygen atoms in total. The highest BCUT2D eigenvalue weighted by Gasteiger charge is 2.40. The van der Waals surface area contributed by atoms with E-state index in [0.29, 0.717) is 5.88 Å². The van der Waals surface area contributed by atoms with Crippen LogP contribution in [0.15, 0.2) is 12.4 Å². The van der Waals surface area contributed by atoms with Crippen LogP contribution in [0.3, 0.4) is 0 Å². The fourth-order valence-corrected chi connectivity index (χ4v) is 4.79. The van der Waals surface area contributed by atoms with Gasteiger partial charge in [-0.15, -0.1) is 0 Å². The summed E-state index contributed by atoms with van der Waals surface area (Å²) in [4.78, 5) is 16.6. The van der Waals surface area contributed by atoms with Crippen LogP contribution >= 0.6 is 0 Å². The van der Waals surface area contributed by atoms with Crippen molar-refractivity contribution in [3.63, 3.8) is 0 Å². The van der Waals surface area contributed by atoms with Crippen molar-refractivity contribution >= 4 is 5.82 Å². The van der Waals surface area contributed by atoms with Gasteiger partial charge in [0.2, 0.25) is 5.88 Å². The molecule has 1 aromatic heterocycles. The Morgan fingerprint density at radius 1 is 1.00 bits per heavy atom. The van der Waals surface area contributed by atoms with Crippen molar-refractivity contribution in [3.8, 4) is 5.88 Å². The number of hydrogen-bond acceptors (Lipinski definition) is 6. The van der Waals surface area contributed by atoms with Crippen molar-refractivity contribution in [2.45, 2.75) is 63.8 Å². The molecule has 0 amide bonds. The highest BCUT2D eigenvalue weighted by molar-refractivity contribution is 5.38. The molecule has 0 N–H and O–H groups in total. The lowest BCUT2D eigenvalue weighted by atomic mass is 9.96. The lowest BCUT2D eigenvalue weighted by Crippen LogP contribution is -2.55. The molecule has 6 heteroatoms. The molecule has 0 radical (unpaired) electrons. The third-order valence-corrected chi connectivity index (χ3v) is 6.18. The Morgan fingerprint density at radius 2 is 1.68 bits per heavy atom. The van der Waals surface area contributed by atoms with Crippen LogP contribution in [0.1, 0.15) is 39.5 Å². The van der Waals surface area contributed by atoms with Crippen molar-refractivity contribution in [1.29, 1.82) is 0 Å². The maximum absolute atomic E-state index is 5.69. The Morgan fingerprint density at radius 3 is 2.32 bits per heavy atom. The SMILES string of the molecule is CC(C)Oc1cncc(N2CCN(C3C[C@H]4CC[C@@H](C3)N4C)CC2)n1. The van der Waals surface area contributed by atoms with Gasteiger partial charge < -0.3 is 14.5 Å². The first-order valence-electron chi connectivity index (χ1n) is 9.80. The second-order valence-corrected chi connectivity index (χ2v) is 8.08. The molecule has 3 saturated heterocycles. The minimum Gasteiger partial charge on any atom is -0.474 e. The van der Waals surface area contributed by atoms with Gasteiger partial charge in [-0.2, -0.15) is 4.98 Å². The first-order chi connectivity index (χ1) is 12.1. The van der Waals surface area contributed by atoms with Crippen LogP contribution in [-0.4, -0.2) is 77.2 Å². The molecule has 1 aromatic rings. The van der Waals surface area contributed by atoms with Gasteiger partial charge in [0.25, 0.3) is 0 Å². The monoisotopic (exact) mass is 345 g/mol. The molecule has 3 atom stereocenters. The van der Waals surface area contributed by atoms with E-state index in [9.17, 15) is 0 Å². The number of anilines is 1. The fraction of sp³-hybridized carbons (Fsp3) is 0.789. The van der Waals surface area contributed by atoms with E-state index < -0.39 is 0 Å². The van der Waals surface area contributed by atoms with Crippen molar-refractivity contribution in [2.24, 2.45) is 0 Å². The zero-order chi connectivity index (χ0) is 17.4. The molecule has 0 spiro atoms. The molecule has 3 aliphatic heterocycles. The van der Waals surface area contributed by atoms with Crippen LogP contribution in [0.25, 0.3) is 0 Å². The van der Waals surface area contributed by atoms with E-state index in [2.05, 4.69) is 31.7 Å². The highest BCUT2D eigenvalue weighted by atomic mass is 16.5. The van der Waals surface area contributed by atoms with Gasteiger partial charge in [-0.1, -0.05) is 0 Å².